The Kier molecular flexibility index (Phi) is 5.07. The smallest absolute Gasteiger partial charge is 0.294 e. The highest BCUT2D eigenvalue weighted by atomic mass is 19.4. The van der Waals surface area contributed by atoms with Crippen LogP contribution in [0.3, 0.4) is 0 Å². The van der Waals surface area contributed by atoms with Crippen LogP contribution in [0.5, 0.6) is 0 Å². The van der Waals surface area contributed by atoms with Crippen molar-refractivity contribution in [3.8, 4) is 0 Å². The van der Waals surface area contributed by atoms with Crippen molar-refractivity contribution >= 4 is 5.78 Å². The lowest BCUT2D eigenvalue weighted by Gasteiger charge is -2.12. The summed E-state index contributed by atoms with van der Waals surface area (Å²) in [7, 11) is 0. The van der Waals surface area contributed by atoms with Crippen LogP contribution in [-0.2, 0) is 19.1 Å². The molecule has 2 aromatic carbocycles. The van der Waals surface area contributed by atoms with E-state index in [2.05, 4.69) is 5.10 Å². The number of Topliss-reactive ketones (excluding diaryl/α,β-unsaturated/α-hetero) is 1. The molecule has 0 aliphatic carbocycles. The second kappa shape index (κ2) is 7.30. The summed E-state index contributed by atoms with van der Waals surface area (Å²) < 4.78 is 67.7. The first kappa shape index (κ1) is 18.8. The van der Waals surface area contributed by atoms with Gasteiger partial charge in [-0.2, -0.15) is 18.3 Å². The van der Waals surface area contributed by atoms with Crippen molar-refractivity contribution in [2.75, 3.05) is 0 Å². The highest BCUT2D eigenvalue weighted by Gasteiger charge is 2.32. The zero-order chi connectivity index (χ0) is 19.6. The van der Waals surface area contributed by atoms with Gasteiger partial charge in [0.15, 0.2) is 5.78 Å². The standard InChI is InChI=1S/C19H13F5N2O/c20-15-6-3-7-16(21)18(15)17(27)10-13-8-9-26(25-13)11-12-4-1-2-5-14(12)19(22,23)24/h1-9H,10-11H2. The molecule has 0 aliphatic rings. The van der Waals surface area contributed by atoms with E-state index in [0.29, 0.717) is 0 Å². The summed E-state index contributed by atoms with van der Waals surface area (Å²) in [5.74, 6) is -2.75. The fourth-order valence-electron chi connectivity index (χ4n) is 2.71. The van der Waals surface area contributed by atoms with E-state index in [9.17, 15) is 26.7 Å². The quantitative estimate of drug-likeness (QED) is 0.477. The minimum Gasteiger partial charge on any atom is -0.294 e. The van der Waals surface area contributed by atoms with Crippen LogP contribution in [0.4, 0.5) is 22.0 Å². The maximum Gasteiger partial charge on any atom is 0.416 e. The number of alkyl halides is 3. The molecule has 0 saturated carbocycles. The van der Waals surface area contributed by atoms with Crippen LogP contribution in [0.1, 0.15) is 27.2 Å². The Morgan fingerprint density at radius 3 is 2.30 bits per heavy atom. The molecule has 27 heavy (non-hydrogen) atoms. The molecule has 0 spiro atoms. The van der Waals surface area contributed by atoms with Gasteiger partial charge >= 0.3 is 6.18 Å². The molecule has 0 radical (unpaired) electrons. The number of carbonyl (C=O) groups excluding carboxylic acids is 1. The summed E-state index contributed by atoms with van der Waals surface area (Å²) >= 11 is 0. The van der Waals surface area contributed by atoms with Gasteiger partial charge in [0, 0.05) is 6.20 Å². The SMILES string of the molecule is O=C(Cc1ccn(Cc2ccccc2C(F)(F)F)n1)c1c(F)cccc1F. The molecular formula is C19H13F5N2O. The van der Waals surface area contributed by atoms with E-state index in [4.69, 9.17) is 0 Å². The Hall–Kier alpha value is -3.03. The van der Waals surface area contributed by atoms with Gasteiger partial charge in [-0.1, -0.05) is 24.3 Å². The highest BCUT2D eigenvalue weighted by Crippen LogP contribution is 2.32. The van der Waals surface area contributed by atoms with Gasteiger partial charge in [-0.25, -0.2) is 8.78 Å². The van der Waals surface area contributed by atoms with Crippen LogP contribution in [0.2, 0.25) is 0 Å². The Balaban J connectivity index is 1.78. The van der Waals surface area contributed by atoms with E-state index < -0.39 is 34.7 Å². The van der Waals surface area contributed by atoms with Gasteiger partial charge in [-0.05, 0) is 29.8 Å². The minimum absolute atomic E-state index is 0.0196. The first-order valence-corrected chi connectivity index (χ1v) is 7.90. The number of rotatable bonds is 5. The van der Waals surface area contributed by atoms with Crippen LogP contribution < -0.4 is 0 Å². The van der Waals surface area contributed by atoms with Crippen molar-refractivity contribution in [3.63, 3.8) is 0 Å². The van der Waals surface area contributed by atoms with E-state index >= 15 is 0 Å². The molecule has 0 amide bonds. The molecule has 0 atom stereocenters. The number of benzene rings is 2. The molecule has 1 aromatic heterocycles. The molecule has 0 unspecified atom stereocenters. The lowest BCUT2D eigenvalue weighted by molar-refractivity contribution is -0.138. The van der Waals surface area contributed by atoms with Gasteiger partial charge in [0.25, 0.3) is 0 Å². The maximum absolute atomic E-state index is 13.7. The third kappa shape index (κ3) is 4.21. The summed E-state index contributed by atoms with van der Waals surface area (Å²) in [6.45, 7) is -0.155. The molecule has 140 valence electrons. The molecule has 3 nitrogen and oxygen atoms in total. The van der Waals surface area contributed by atoms with Crippen LogP contribution in [0, 0.1) is 11.6 Å². The van der Waals surface area contributed by atoms with Gasteiger partial charge in [0.05, 0.1) is 29.8 Å². The Morgan fingerprint density at radius 1 is 0.963 bits per heavy atom. The molecule has 3 aromatic rings. The largest absolute Gasteiger partial charge is 0.416 e. The number of ketones is 1. The first-order chi connectivity index (χ1) is 12.8. The van der Waals surface area contributed by atoms with Crippen molar-refractivity contribution in [1.82, 2.24) is 9.78 Å². The summed E-state index contributed by atoms with van der Waals surface area (Å²) in [6.07, 6.45) is -3.45. The summed E-state index contributed by atoms with van der Waals surface area (Å²) in [6, 6.07) is 9.61. The fourth-order valence-corrected chi connectivity index (χ4v) is 2.71. The zero-order valence-electron chi connectivity index (χ0n) is 13.8. The zero-order valence-corrected chi connectivity index (χ0v) is 13.8. The topological polar surface area (TPSA) is 34.9 Å². The molecule has 1 heterocycles. The number of carbonyl (C=O) groups is 1. The highest BCUT2D eigenvalue weighted by molar-refractivity contribution is 5.97. The van der Waals surface area contributed by atoms with Crippen molar-refractivity contribution in [3.05, 3.63) is 88.7 Å². The van der Waals surface area contributed by atoms with Crippen molar-refractivity contribution in [1.29, 1.82) is 0 Å². The summed E-state index contributed by atoms with van der Waals surface area (Å²) in [5.41, 5.74) is -1.21. The Morgan fingerprint density at radius 2 is 1.63 bits per heavy atom. The average molecular weight is 380 g/mol. The molecule has 3 rings (SSSR count). The van der Waals surface area contributed by atoms with Crippen LogP contribution in [0.15, 0.2) is 54.7 Å². The predicted molar refractivity (Wildman–Crippen MR) is 87.2 cm³/mol. The lowest BCUT2D eigenvalue weighted by atomic mass is 10.1. The predicted octanol–water partition coefficient (Wildman–Crippen LogP) is 4.65. The van der Waals surface area contributed by atoms with Crippen LogP contribution in [-0.4, -0.2) is 15.6 Å². The first-order valence-electron chi connectivity index (χ1n) is 7.90. The van der Waals surface area contributed by atoms with Crippen molar-refractivity contribution < 1.29 is 26.7 Å². The number of hydrogen-bond acceptors (Lipinski definition) is 2. The van der Waals surface area contributed by atoms with E-state index in [1.807, 2.05) is 0 Å². The van der Waals surface area contributed by atoms with Gasteiger partial charge in [-0.15, -0.1) is 0 Å². The number of hydrogen-bond donors (Lipinski definition) is 0. The number of aromatic nitrogens is 2. The fraction of sp³-hybridized carbons (Fsp3) is 0.158. The van der Waals surface area contributed by atoms with Crippen molar-refractivity contribution in [2.24, 2.45) is 0 Å². The third-order valence-electron chi connectivity index (χ3n) is 3.93. The van der Waals surface area contributed by atoms with Gasteiger partial charge in [0.1, 0.15) is 11.6 Å². The normalized spacial score (nSPS) is 11.6. The monoisotopic (exact) mass is 380 g/mol. The minimum atomic E-state index is -4.50. The van der Waals surface area contributed by atoms with E-state index in [0.717, 1.165) is 24.3 Å². The summed E-state index contributed by atoms with van der Waals surface area (Å²) in [5, 5.41) is 4.04. The molecular weight excluding hydrogens is 367 g/mol. The average Bonchev–Trinajstić information content (AvgIpc) is 3.01. The second-order valence-electron chi connectivity index (χ2n) is 5.86. The number of halogens is 5. The Labute approximate surface area is 151 Å². The van der Waals surface area contributed by atoms with E-state index in [1.54, 1.807) is 0 Å². The van der Waals surface area contributed by atoms with Crippen LogP contribution in [0.25, 0.3) is 0 Å². The van der Waals surface area contributed by atoms with Gasteiger partial charge in [0.2, 0.25) is 0 Å². The number of nitrogens with zero attached hydrogens (tertiary/aromatic N) is 2. The van der Waals surface area contributed by atoms with E-state index in [-0.39, 0.29) is 24.2 Å². The summed E-state index contributed by atoms with van der Waals surface area (Å²) in [4.78, 5) is 12.1. The van der Waals surface area contributed by atoms with Gasteiger partial charge < -0.3 is 0 Å². The molecule has 0 bridgehead atoms. The Bertz CT molecular complexity index is 958. The molecule has 0 saturated heterocycles. The molecule has 0 N–H and O–H groups in total. The lowest BCUT2D eigenvalue weighted by Crippen LogP contribution is -2.13. The van der Waals surface area contributed by atoms with Crippen molar-refractivity contribution in [2.45, 2.75) is 19.1 Å². The second-order valence-corrected chi connectivity index (χ2v) is 5.86. The maximum atomic E-state index is 13.7. The third-order valence-corrected chi connectivity index (χ3v) is 3.93. The molecule has 0 fully saturated rings. The van der Waals surface area contributed by atoms with Crippen LogP contribution >= 0.6 is 0 Å². The molecule has 0 aliphatic heterocycles. The molecule has 8 heteroatoms. The van der Waals surface area contributed by atoms with Gasteiger partial charge in [-0.3, -0.25) is 9.48 Å². The van der Waals surface area contributed by atoms with E-state index in [1.165, 1.54) is 35.1 Å².